The maximum absolute atomic E-state index is 4.79. The number of rotatable bonds is 7. The van der Waals surface area contributed by atoms with Gasteiger partial charge in [-0.15, -0.1) is 0 Å². The molecule has 2 aromatic rings. The standard InChI is InChI=1S/C22H31N5/c1-3-23-22(26-17-20-11-8-14-27(20)4-2)25-16-18-9-7-10-19(15-18)21-12-5-6-13-24-21/h5-7,9-10,12-13,15,20H,3-4,8,11,14,16-17H2,1-2H3,(H2,23,25,26). The molecule has 3 rings (SSSR count). The minimum absolute atomic E-state index is 0.617. The molecule has 5 heteroatoms. The third-order valence-corrected chi connectivity index (χ3v) is 5.06. The van der Waals surface area contributed by atoms with Gasteiger partial charge in [0, 0.05) is 30.9 Å². The minimum Gasteiger partial charge on any atom is -0.357 e. The zero-order valence-electron chi connectivity index (χ0n) is 16.5. The molecule has 1 aromatic carbocycles. The zero-order chi connectivity index (χ0) is 18.9. The average Bonchev–Trinajstić information content (AvgIpc) is 3.18. The summed E-state index contributed by atoms with van der Waals surface area (Å²) in [6.45, 7) is 9.16. The molecule has 5 nitrogen and oxygen atoms in total. The van der Waals surface area contributed by atoms with Crippen LogP contribution in [0.3, 0.4) is 0 Å². The molecule has 0 aliphatic carbocycles. The van der Waals surface area contributed by atoms with Crippen molar-refractivity contribution in [2.75, 3.05) is 26.2 Å². The van der Waals surface area contributed by atoms with Crippen molar-refractivity contribution in [3.8, 4) is 11.3 Å². The van der Waals surface area contributed by atoms with Crippen LogP contribution in [0.2, 0.25) is 0 Å². The van der Waals surface area contributed by atoms with E-state index in [1.165, 1.54) is 24.9 Å². The molecule has 0 radical (unpaired) electrons. The molecule has 0 saturated carbocycles. The van der Waals surface area contributed by atoms with E-state index in [4.69, 9.17) is 4.99 Å². The molecule has 1 atom stereocenters. The number of pyridine rings is 1. The summed E-state index contributed by atoms with van der Waals surface area (Å²) in [5.41, 5.74) is 3.31. The normalized spacial score (nSPS) is 17.9. The van der Waals surface area contributed by atoms with Crippen molar-refractivity contribution in [1.29, 1.82) is 0 Å². The number of aromatic nitrogens is 1. The number of likely N-dealkylation sites (N-methyl/N-ethyl adjacent to an activating group) is 1. The Kier molecular flexibility index (Phi) is 7.22. The van der Waals surface area contributed by atoms with E-state index in [-0.39, 0.29) is 0 Å². The number of hydrogen-bond acceptors (Lipinski definition) is 3. The second kappa shape index (κ2) is 10.1. The van der Waals surface area contributed by atoms with Gasteiger partial charge in [0.25, 0.3) is 0 Å². The van der Waals surface area contributed by atoms with E-state index in [0.29, 0.717) is 12.6 Å². The fourth-order valence-electron chi connectivity index (χ4n) is 3.63. The van der Waals surface area contributed by atoms with Gasteiger partial charge in [-0.2, -0.15) is 0 Å². The summed E-state index contributed by atoms with van der Waals surface area (Å²) in [6, 6.07) is 15.1. The number of nitrogens with zero attached hydrogens (tertiary/aromatic N) is 3. The van der Waals surface area contributed by atoms with Crippen LogP contribution < -0.4 is 10.6 Å². The van der Waals surface area contributed by atoms with Crippen molar-refractivity contribution in [1.82, 2.24) is 20.5 Å². The van der Waals surface area contributed by atoms with Gasteiger partial charge in [-0.3, -0.25) is 9.88 Å². The number of nitrogens with one attached hydrogen (secondary N) is 2. The summed E-state index contributed by atoms with van der Waals surface area (Å²) >= 11 is 0. The zero-order valence-corrected chi connectivity index (χ0v) is 16.5. The number of likely N-dealkylation sites (tertiary alicyclic amines) is 1. The lowest BCUT2D eigenvalue weighted by Gasteiger charge is -2.24. The van der Waals surface area contributed by atoms with E-state index >= 15 is 0 Å². The van der Waals surface area contributed by atoms with Gasteiger partial charge in [0.2, 0.25) is 0 Å². The van der Waals surface area contributed by atoms with E-state index in [9.17, 15) is 0 Å². The predicted octanol–water partition coefficient (Wildman–Crippen LogP) is 3.29. The molecule has 144 valence electrons. The smallest absolute Gasteiger partial charge is 0.191 e. The highest BCUT2D eigenvalue weighted by Gasteiger charge is 2.22. The van der Waals surface area contributed by atoms with Crippen LogP contribution in [0.15, 0.2) is 53.7 Å². The molecule has 1 aromatic heterocycles. The van der Waals surface area contributed by atoms with E-state index in [2.05, 4.69) is 58.6 Å². The molecule has 0 amide bonds. The van der Waals surface area contributed by atoms with Gasteiger partial charge in [-0.1, -0.05) is 31.2 Å². The van der Waals surface area contributed by atoms with Crippen LogP contribution in [-0.2, 0) is 6.54 Å². The average molecular weight is 366 g/mol. The molecule has 0 bridgehead atoms. The summed E-state index contributed by atoms with van der Waals surface area (Å²) in [5.74, 6) is 0.892. The highest BCUT2D eigenvalue weighted by molar-refractivity contribution is 5.79. The second-order valence-electron chi connectivity index (χ2n) is 6.92. The summed E-state index contributed by atoms with van der Waals surface area (Å²) in [6.07, 6.45) is 4.40. The summed E-state index contributed by atoms with van der Waals surface area (Å²) in [4.78, 5) is 11.8. The molecule has 1 fully saturated rings. The van der Waals surface area contributed by atoms with E-state index in [0.717, 1.165) is 36.9 Å². The Morgan fingerprint density at radius 1 is 1.19 bits per heavy atom. The lowest BCUT2D eigenvalue weighted by molar-refractivity contribution is 0.267. The molecule has 2 heterocycles. The maximum atomic E-state index is 4.79. The fraction of sp³-hybridized carbons (Fsp3) is 0.455. The second-order valence-corrected chi connectivity index (χ2v) is 6.92. The van der Waals surface area contributed by atoms with E-state index in [1.807, 2.05) is 24.4 Å². The number of hydrogen-bond donors (Lipinski definition) is 2. The van der Waals surface area contributed by atoms with Gasteiger partial charge in [-0.05, 0) is 56.6 Å². The first kappa shape index (κ1) is 19.4. The minimum atomic E-state index is 0.617. The van der Waals surface area contributed by atoms with Crippen LogP contribution in [0.5, 0.6) is 0 Å². The Balaban J connectivity index is 1.63. The number of benzene rings is 1. The summed E-state index contributed by atoms with van der Waals surface area (Å²) < 4.78 is 0. The Hall–Kier alpha value is -2.40. The topological polar surface area (TPSA) is 52.6 Å². The van der Waals surface area contributed by atoms with Gasteiger partial charge < -0.3 is 10.6 Å². The Labute approximate surface area is 162 Å². The fourth-order valence-corrected chi connectivity index (χ4v) is 3.63. The lowest BCUT2D eigenvalue weighted by Crippen LogP contribution is -2.44. The molecule has 1 aliphatic rings. The lowest BCUT2D eigenvalue weighted by atomic mass is 10.1. The molecule has 1 unspecified atom stereocenters. The first-order valence-electron chi connectivity index (χ1n) is 10.1. The molecule has 27 heavy (non-hydrogen) atoms. The Morgan fingerprint density at radius 2 is 2.11 bits per heavy atom. The number of aliphatic imine (C=N–C) groups is 1. The third kappa shape index (κ3) is 5.54. The van der Waals surface area contributed by atoms with Crippen LogP contribution in [0.25, 0.3) is 11.3 Å². The third-order valence-electron chi connectivity index (χ3n) is 5.06. The van der Waals surface area contributed by atoms with Crippen LogP contribution in [0.1, 0.15) is 32.3 Å². The van der Waals surface area contributed by atoms with Crippen molar-refractivity contribution < 1.29 is 0 Å². The Morgan fingerprint density at radius 3 is 2.89 bits per heavy atom. The SMILES string of the molecule is CCNC(=NCc1cccc(-c2ccccn2)c1)NCC1CCCN1CC. The predicted molar refractivity (Wildman–Crippen MR) is 113 cm³/mol. The first-order valence-corrected chi connectivity index (χ1v) is 10.1. The maximum Gasteiger partial charge on any atom is 0.191 e. The van der Waals surface area contributed by atoms with Crippen LogP contribution in [0, 0.1) is 0 Å². The molecule has 1 saturated heterocycles. The highest BCUT2D eigenvalue weighted by Crippen LogP contribution is 2.18. The molecule has 0 spiro atoms. The largest absolute Gasteiger partial charge is 0.357 e. The molecular weight excluding hydrogens is 334 g/mol. The summed E-state index contributed by atoms with van der Waals surface area (Å²) in [5, 5.41) is 6.89. The van der Waals surface area contributed by atoms with Crippen LogP contribution in [0.4, 0.5) is 0 Å². The van der Waals surface area contributed by atoms with E-state index in [1.54, 1.807) is 0 Å². The van der Waals surface area contributed by atoms with Gasteiger partial charge >= 0.3 is 0 Å². The van der Waals surface area contributed by atoms with Crippen molar-refractivity contribution in [3.05, 3.63) is 54.2 Å². The van der Waals surface area contributed by atoms with Gasteiger partial charge in [0.1, 0.15) is 0 Å². The van der Waals surface area contributed by atoms with Crippen molar-refractivity contribution in [2.24, 2.45) is 4.99 Å². The van der Waals surface area contributed by atoms with Crippen molar-refractivity contribution in [2.45, 2.75) is 39.3 Å². The molecule has 2 N–H and O–H groups in total. The quantitative estimate of drug-likeness (QED) is 0.584. The highest BCUT2D eigenvalue weighted by atomic mass is 15.2. The van der Waals surface area contributed by atoms with Gasteiger partial charge in [-0.25, -0.2) is 4.99 Å². The summed E-state index contributed by atoms with van der Waals surface area (Å²) in [7, 11) is 0. The van der Waals surface area contributed by atoms with Gasteiger partial charge in [0.15, 0.2) is 5.96 Å². The van der Waals surface area contributed by atoms with Gasteiger partial charge in [0.05, 0.1) is 12.2 Å². The molecule has 1 aliphatic heterocycles. The van der Waals surface area contributed by atoms with E-state index < -0.39 is 0 Å². The Bertz CT molecular complexity index is 728. The van der Waals surface area contributed by atoms with Crippen LogP contribution in [-0.4, -0.2) is 48.1 Å². The monoisotopic (exact) mass is 365 g/mol. The molecular formula is C22H31N5. The van der Waals surface area contributed by atoms with Crippen LogP contribution >= 0.6 is 0 Å². The van der Waals surface area contributed by atoms with Crippen molar-refractivity contribution >= 4 is 5.96 Å². The number of guanidine groups is 1. The first-order chi connectivity index (χ1) is 13.3. The van der Waals surface area contributed by atoms with Crippen molar-refractivity contribution in [3.63, 3.8) is 0 Å².